The van der Waals surface area contributed by atoms with Gasteiger partial charge >= 0.3 is 0 Å². The maximum absolute atomic E-state index is 12.9. The first kappa shape index (κ1) is 28.6. The lowest BCUT2D eigenvalue weighted by Crippen LogP contribution is -2.27. The fraction of sp³-hybridized carbons (Fsp3) is 0.346. The van der Waals surface area contributed by atoms with Gasteiger partial charge < -0.3 is 20.7 Å². The minimum Gasteiger partial charge on any atom is -0.457 e. The molecule has 9 nitrogen and oxygen atoms in total. The first-order valence-corrected chi connectivity index (χ1v) is 13.5. The summed E-state index contributed by atoms with van der Waals surface area (Å²) in [7, 11) is -0.0218. The lowest BCUT2D eigenvalue weighted by Gasteiger charge is -2.19. The number of amidine groups is 1. The van der Waals surface area contributed by atoms with E-state index in [1.165, 1.54) is 72.8 Å². The van der Waals surface area contributed by atoms with E-state index in [2.05, 4.69) is 10.3 Å². The Bertz CT molecular complexity index is 1250. The Labute approximate surface area is 213 Å². The van der Waals surface area contributed by atoms with Crippen molar-refractivity contribution in [3.63, 3.8) is 0 Å². The maximum atomic E-state index is 12.9. The number of aliphatic imine (C=N–C) groups is 1. The van der Waals surface area contributed by atoms with Crippen molar-refractivity contribution in [1.29, 1.82) is 0 Å². The number of carbonyl (C=O) groups is 2. The minimum absolute atomic E-state index is 0.00712. The zero-order valence-electron chi connectivity index (χ0n) is 21.4. The van der Waals surface area contributed by atoms with E-state index in [0.29, 0.717) is 17.9 Å². The van der Waals surface area contributed by atoms with Crippen molar-refractivity contribution in [3.8, 4) is 11.5 Å². The Hall–Kier alpha value is -3.66. The number of carbonyl (C=O) groups excluding carboxylic acids is 2. The molecule has 2 aromatic carbocycles. The highest BCUT2D eigenvalue weighted by Crippen LogP contribution is 2.30. The highest BCUT2D eigenvalue weighted by atomic mass is 32.2. The fourth-order valence-electron chi connectivity index (χ4n) is 2.76. The van der Waals surface area contributed by atoms with Crippen LogP contribution in [0, 0.1) is 6.92 Å². The summed E-state index contributed by atoms with van der Waals surface area (Å²) in [6.45, 7) is 4.01. The normalized spacial score (nSPS) is 13.0. The molecular formula is C26H34N4O5S. The van der Waals surface area contributed by atoms with Crippen LogP contribution in [-0.4, -0.2) is 57.9 Å². The molecule has 1 aliphatic rings. The first-order chi connectivity index (χ1) is 17.0. The van der Waals surface area contributed by atoms with E-state index in [1.54, 1.807) is 21.0 Å². The second kappa shape index (κ2) is 12.9. The van der Waals surface area contributed by atoms with Gasteiger partial charge in [0, 0.05) is 43.6 Å². The molecule has 0 radical (unpaired) electrons. The predicted octanol–water partition coefficient (Wildman–Crippen LogP) is 3.68. The average molecular weight is 515 g/mol. The Balaban J connectivity index is 0.00000141. The van der Waals surface area contributed by atoms with Crippen LogP contribution in [0.1, 0.15) is 52.5 Å². The van der Waals surface area contributed by atoms with Crippen LogP contribution in [0.25, 0.3) is 0 Å². The molecule has 0 heterocycles. The monoisotopic (exact) mass is 514 g/mol. The number of amides is 2. The Morgan fingerprint density at radius 1 is 1.17 bits per heavy atom. The van der Waals surface area contributed by atoms with E-state index >= 15 is 0 Å². The molecule has 3 N–H and O–H groups in total. The number of hydrogen-bond acceptors (Lipinski definition) is 6. The van der Waals surface area contributed by atoms with Gasteiger partial charge in [0.25, 0.3) is 11.8 Å². The first-order valence-electron chi connectivity index (χ1n) is 11.6. The van der Waals surface area contributed by atoms with E-state index in [9.17, 15) is 18.0 Å². The molecule has 0 unspecified atom stereocenters. The van der Waals surface area contributed by atoms with Crippen LogP contribution < -0.4 is 15.8 Å². The zero-order valence-corrected chi connectivity index (χ0v) is 22.2. The van der Waals surface area contributed by atoms with Crippen molar-refractivity contribution in [3.05, 3.63) is 65.4 Å². The third kappa shape index (κ3) is 8.53. The number of ether oxygens (including phenoxy) is 1. The van der Waals surface area contributed by atoms with Gasteiger partial charge in [-0.05, 0) is 62.5 Å². The van der Waals surface area contributed by atoms with Crippen LogP contribution >= 0.6 is 0 Å². The van der Waals surface area contributed by atoms with Gasteiger partial charge in [-0.3, -0.25) is 9.59 Å². The SMILES string of the molecule is C1CC1.CCN(C)C(=O)c1cc(C(=O)N=C(N)/C=C\NC)cc(Oc2ccc(S(C)(=O)=O)cc2)c1C. The van der Waals surface area contributed by atoms with Gasteiger partial charge in [0.1, 0.15) is 17.3 Å². The zero-order chi connectivity index (χ0) is 26.9. The Kier molecular flexibility index (Phi) is 10.2. The average Bonchev–Trinajstić information content (AvgIpc) is 3.72. The standard InChI is InChI=1S/C23H28N4O5S.C3H6/c1-6-27(4)23(29)19-13-16(22(28)26-21(24)11-12-25-3)14-20(15(19)2)32-17-7-9-18(10-8-17)33(5,30)31;1-2-3-1/h7-14,25H,6H2,1-5H3,(H2,24,26,28);1-3H2/b12-11-;. The Morgan fingerprint density at radius 3 is 2.28 bits per heavy atom. The van der Waals surface area contributed by atoms with Crippen LogP contribution in [0.15, 0.2) is 58.6 Å². The molecule has 1 fully saturated rings. The number of rotatable bonds is 8. The number of nitrogens with zero attached hydrogens (tertiary/aromatic N) is 2. The van der Waals surface area contributed by atoms with Gasteiger partial charge in [0.05, 0.1) is 4.90 Å². The molecular weight excluding hydrogens is 480 g/mol. The maximum Gasteiger partial charge on any atom is 0.279 e. The molecule has 3 rings (SSSR count). The molecule has 0 spiro atoms. The third-order valence-corrected chi connectivity index (χ3v) is 6.27. The van der Waals surface area contributed by atoms with E-state index in [4.69, 9.17) is 10.5 Å². The summed E-state index contributed by atoms with van der Waals surface area (Å²) in [6.07, 6.45) is 8.58. The van der Waals surface area contributed by atoms with Crippen molar-refractivity contribution in [1.82, 2.24) is 10.2 Å². The second-order valence-corrected chi connectivity index (χ2v) is 10.4. The van der Waals surface area contributed by atoms with Crippen LogP contribution in [0.2, 0.25) is 0 Å². The van der Waals surface area contributed by atoms with Crippen LogP contribution in [0.5, 0.6) is 11.5 Å². The molecule has 0 bridgehead atoms. The van der Waals surface area contributed by atoms with E-state index in [0.717, 1.165) is 6.26 Å². The molecule has 2 aromatic rings. The van der Waals surface area contributed by atoms with Gasteiger partial charge in [0.15, 0.2) is 9.84 Å². The van der Waals surface area contributed by atoms with E-state index < -0.39 is 15.7 Å². The molecule has 0 saturated heterocycles. The van der Waals surface area contributed by atoms with Crippen molar-refractivity contribution in [2.24, 2.45) is 10.7 Å². The minimum atomic E-state index is -3.35. The van der Waals surface area contributed by atoms with Gasteiger partial charge in [0.2, 0.25) is 0 Å². The smallest absolute Gasteiger partial charge is 0.279 e. The summed E-state index contributed by atoms with van der Waals surface area (Å²) in [4.78, 5) is 31.1. The fourth-order valence-corrected chi connectivity index (χ4v) is 3.39. The number of nitrogens with one attached hydrogen (secondary N) is 1. The highest BCUT2D eigenvalue weighted by molar-refractivity contribution is 7.90. The molecule has 0 aromatic heterocycles. The second-order valence-electron chi connectivity index (χ2n) is 8.34. The summed E-state index contributed by atoms with van der Waals surface area (Å²) in [5.41, 5.74) is 6.68. The van der Waals surface area contributed by atoms with Gasteiger partial charge in [-0.2, -0.15) is 4.99 Å². The van der Waals surface area contributed by atoms with Gasteiger partial charge in [-0.15, -0.1) is 0 Å². The van der Waals surface area contributed by atoms with E-state index in [1.807, 2.05) is 6.92 Å². The van der Waals surface area contributed by atoms with Crippen molar-refractivity contribution >= 4 is 27.5 Å². The predicted molar refractivity (Wildman–Crippen MR) is 141 cm³/mol. The summed E-state index contributed by atoms with van der Waals surface area (Å²) in [5.74, 6) is -0.322. The van der Waals surface area contributed by atoms with Crippen LogP contribution in [-0.2, 0) is 9.84 Å². The number of sulfone groups is 1. The van der Waals surface area contributed by atoms with Gasteiger partial charge in [-0.1, -0.05) is 19.3 Å². The summed E-state index contributed by atoms with van der Waals surface area (Å²) < 4.78 is 29.3. The molecule has 0 atom stereocenters. The lowest BCUT2D eigenvalue weighted by molar-refractivity contribution is 0.0801. The molecule has 36 heavy (non-hydrogen) atoms. The van der Waals surface area contributed by atoms with Gasteiger partial charge in [-0.25, -0.2) is 8.42 Å². The number of nitrogens with two attached hydrogens (primary N) is 1. The van der Waals surface area contributed by atoms with Crippen LogP contribution in [0.4, 0.5) is 0 Å². The van der Waals surface area contributed by atoms with E-state index in [-0.39, 0.29) is 33.5 Å². The quantitative estimate of drug-likeness (QED) is 0.406. The van der Waals surface area contributed by atoms with Crippen LogP contribution in [0.3, 0.4) is 0 Å². The molecule has 10 heteroatoms. The topological polar surface area (TPSA) is 131 Å². The lowest BCUT2D eigenvalue weighted by atomic mass is 10.0. The molecule has 1 aliphatic carbocycles. The number of hydrogen-bond donors (Lipinski definition) is 2. The van der Waals surface area contributed by atoms with Crippen molar-refractivity contribution < 1.29 is 22.7 Å². The molecule has 194 valence electrons. The summed E-state index contributed by atoms with van der Waals surface area (Å²) >= 11 is 0. The Morgan fingerprint density at radius 2 is 1.78 bits per heavy atom. The van der Waals surface area contributed by atoms with Crippen molar-refractivity contribution in [2.75, 3.05) is 26.9 Å². The largest absolute Gasteiger partial charge is 0.457 e. The molecule has 0 aliphatic heterocycles. The summed E-state index contributed by atoms with van der Waals surface area (Å²) in [5, 5.41) is 2.75. The van der Waals surface area contributed by atoms with Crippen molar-refractivity contribution in [2.45, 2.75) is 38.0 Å². The summed E-state index contributed by atoms with van der Waals surface area (Å²) in [6, 6.07) is 8.79. The third-order valence-electron chi connectivity index (χ3n) is 5.14. The molecule has 1 saturated carbocycles. The number of benzene rings is 2. The highest BCUT2D eigenvalue weighted by Gasteiger charge is 2.20. The molecule has 2 amide bonds.